The number of nitriles is 1. The predicted molar refractivity (Wildman–Crippen MR) is 174 cm³/mol. The van der Waals surface area contributed by atoms with Crippen molar-refractivity contribution in [2.75, 3.05) is 6.54 Å². The number of piperidine rings is 1. The quantitative estimate of drug-likeness (QED) is 0.215. The van der Waals surface area contributed by atoms with Crippen molar-refractivity contribution in [1.29, 1.82) is 5.26 Å². The first kappa shape index (κ1) is 31.2. The summed E-state index contributed by atoms with van der Waals surface area (Å²) in [5, 5.41) is 22.2. The highest BCUT2D eigenvalue weighted by Gasteiger charge is 2.54. The molecule has 0 spiro atoms. The number of halogens is 1. The molecule has 3 aliphatic rings. The second kappa shape index (κ2) is 12.0. The highest BCUT2D eigenvalue weighted by molar-refractivity contribution is 5.94. The van der Waals surface area contributed by atoms with Crippen molar-refractivity contribution in [3.63, 3.8) is 0 Å². The van der Waals surface area contributed by atoms with Gasteiger partial charge in [0, 0.05) is 28.8 Å². The van der Waals surface area contributed by atoms with E-state index in [2.05, 4.69) is 21.5 Å². The van der Waals surface area contributed by atoms with Crippen LogP contribution in [-0.4, -0.2) is 62.5 Å². The molecule has 244 valence electrons. The number of carbonyl (C=O) groups is 3. The number of hydrogen-bond acceptors (Lipinski definition) is 7. The van der Waals surface area contributed by atoms with Crippen LogP contribution in [-0.2, 0) is 23.1 Å². The number of likely N-dealkylation sites (tertiary alicyclic amines) is 1. The fourth-order valence-electron chi connectivity index (χ4n) is 7.73. The maximum absolute atomic E-state index is 13.8. The number of H-pyrrole nitrogens is 1. The molecule has 11 nitrogen and oxygen atoms in total. The minimum absolute atomic E-state index is 0.0524. The van der Waals surface area contributed by atoms with Gasteiger partial charge in [-0.2, -0.15) is 5.26 Å². The van der Waals surface area contributed by atoms with E-state index >= 15 is 0 Å². The molecule has 0 radical (unpaired) electrons. The summed E-state index contributed by atoms with van der Waals surface area (Å²) in [7, 11) is 0. The molecule has 6 N–H and O–H groups in total. The molecule has 48 heavy (non-hydrogen) atoms. The van der Waals surface area contributed by atoms with E-state index in [4.69, 9.17) is 16.6 Å². The van der Waals surface area contributed by atoms with Crippen LogP contribution in [0, 0.1) is 23.1 Å². The number of benzene rings is 3. The lowest BCUT2D eigenvalue weighted by atomic mass is 9.67. The van der Waals surface area contributed by atoms with Gasteiger partial charge in [0.2, 0.25) is 17.7 Å². The fourth-order valence-corrected chi connectivity index (χ4v) is 7.73. The number of hydrogen-bond donors (Lipinski definition) is 4. The topological polar surface area (TPSA) is 184 Å². The maximum atomic E-state index is 13.8. The molecule has 1 saturated heterocycles. The van der Waals surface area contributed by atoms with Gasteiger partial charge in [-0.3, -0.25) is 14.4 Å². The largest absolute Gasteiger partial charge is 0.366 e. The smallest absolute Gasteiger partial charge is 0.248 e. The third-order valence-corrected chi connectivity index (χ3v) is 10.1. The van der Waals surface area contributed by atoms with E-state index in [9.17, 15) is 24.0 Å². The van der Waals surface area contributed by atoms with Crippen LogP contribution in [0.4, 0.5) is 4.39 Å². The van der Waals surface area contributed by atoms with Crippen LogP contribution >= 0.6 is 0 Å². The Bertz CT molecular complexity index is 1920. The Kier molecular flexibility index (Phi) is 7.80. The van der Waals surface area contributed by atoms with Crippen molar-refractivity contribution in [3.05, 3.63) is 106 Å². The highest BCUT2D eigenvalue weighted by atomic mass is 19.1. The number of amides is 3. The van der Waals surface area contributed by atoms with Gasteiger partial charge in [0.25, 0.3) is 0 Å². The van der Waals surface area contributed by atoms with E-state index in [1.54, 1.807) is 41.3 Å². The van der Waals surface area contributed by atoms with Crippen molar-refractivity contribution in [3.8, 4) is 17.5 Å². The van der Waals surface area contributed by atoms with E-state index in [0.29, 0.717) is 53.5 Å². The number of nitrogens with one attached hydrogen (secondary N) is 2. The summed E-state index contributed by atoms with van der Waals surface area (Å²) in [6.45, 7) is 2.04. The second-order valence-electron chi connectivity index (χ2n) is 13.1. The van der Waals surface area contributed by atoms with E-state index in [1.807, 2.05) is 19.1 Å². The molecule has 3 amide bonds. The Balaban J connectivity index is 1.34. The van der Waals surface area contributed by atoms with Crippen LogP contribution in [0.2, 0.25) is 0 Å². The zero-order valence-electron chi connectivity index (χ0n) is 26.4. The van der Waals surface area contributed by atoms with Crippen LogP contribution in [0.25, 0.3) is 11.4 Å². The Morgan fingerprint density at radius 2 is 1.62 bits per heavy atom. The average Bonchev–Trinajstić information content (AvgIpc) is 3.51. The number of aromatic nitrogens is 3. The molecule has 4 aromatic rings. The summed E-state index contributed by atoms with van der Waals surface area (Å²) in [4.78, 5) is 43.1. The fraction of sp³-hybridized carbons (Fsp3) is 0.333. The van der Waals surface area contributed by atoms with Crippen LogP contribution in [0.3, 0.4) is 0 Å². The zero-order valence-corrected chi connectivity index (χ0v) is 26.4. The van der Waals surface area contributed by atoms with Gasteiger partial charge in [-0.15, -0.1) is 10.2 Å². The van der Waals surface area contributed by atoms with Crippen molar-refractivity contribution in [2.24, 2.45) is 17.4 Å². The molecule has 7 rings (SSSR count). The van der Waals surface area contributed by atoms with Gasteiger partial charge in [0.15, 0.2) is 5.82 Å². The Hall–Kier alpha value is -5.41. The van der Waals surface area contributed by atoms with Gasteiger partial charge in [0.05, 0.1) is 18.0 Å². The van der Waals surface area contributed by atoms with Crippen LogP contribution in [0.5, 0.6) is 0 Å². The van der Waals surface area contributed by atoms with Gasteiger partial charge in [-0.1, -0.05) is 12.1 Å². The summed E-state index contributed by atoms with van der Waals surface area (Å²) < 4.78 is 13.8. The number of carbonyl (C=O) groups excluding carboxylic acids is 3. The number of fused-ring (bicyclic) bond motifs is 3. The molecule has 3 aromatic carbocycles. The highest BCUT2D eigenvalue weighted by Crippen LogP contribution is 2.49. The lowest BCUT2D eigenvalue weighted by Gasteiger charge is -2.37. The minimum Gasteiger partial charge on any atom is -0.366 e. The van der Waals surface area contributed by atoms with Crippen LogP contribution in [0.15, 0.2) is 60.7 Å². The van der Waals surface area contributed by atoms with E-state index in [-0.39, 0.29) is 30.4 Å². The number of primary amides is 2. The first-order valence-corrected chi connectivity index (χ1v) is 16.1. The van der Waals surface area contributed by atoms with Crippen LogP contribution in [0.1, 0.15) is 75.0 Å². The second-order valence-corrected chi connectivity index (χ2v) is 13.1. The van der Waals surface area contributed by atoms with Gasteiger partial charge in [-0.05, 0) is 116 Å². The molecular formula is C36H35FN8O3. The third kappa shape index (κ3) is 5.40. The minimum atomic E-state index is -1.02. The zero-order chi connectivity index (χ0) is 33.7. The maximum Gasteiger partial charge on any atom is 0.248 e. The summed E-state index contributed by atoms with van der Waals surface area (Å²) in [5.41, 5.74) is 15.2. The van der Waals surface area contributed by atoms with Crippen molar-refractivity contribution >= 4 is 17.7 Å². The van der Waals surface area contributed by atoms with E-state index in [0.717, 1.165) is 35.1 Å². The molecule has 4 atom stereocenters. The molecule has 12 heteroatoms. The van der Waals surface area contributed by atoms with Crippen molar-refractivity contribution in [2.45, 2.75) is 62.6 Å². The molecule has 1 aliphatic heterocycles. The molecule has 1 saturated carbocycles. The van der Waals surface area contributed by atoms with Gasteiger partial charge >= 0.3 is 0 Å². The third-order valence-electron chi connectivity index (χ3n) is 10.1. The first-order chi connectivity index (χ1) is 23.1. The van der Waals surface area contributed by atoms with Crippen molar-refractivity contribution < 1.29 is 18.8 Å². The number of rotatable bonds is 9. The molecule has 2 fully saturated rings. The Morgan fingerprint density at radius 1 is 1.00 bits per heavy atom. The first-order valence-electron chi connectivity index (χ1n) is 16.1. The lowest BCUT2D eigenvalue weighted by Crippen LogP contribution is -2.46. The molecule has 0 unspecified atom stereocenters. The Morgan fingerprint density at radius 3 is 2.21 bits per heavy atom. The van der Waals surface area contributed by atoms with Gasteiger partial charge < -0.3 is 26.7 Å². The molecule has 2 aliphatic carbocycles. The lowest BCUT2D eigenvalue weighted by molar-refractivity contribution is -0.131. The summed E-state index contributed by atoms with van der Waals surface area (Å²) >= 11 is 0. The molecule has 0 bridgehead atoms. The Labute approximate surface area is 276 Å². The summed E-state index contributed by atoms with van der Waals surface area (Å²) in [6, 6.07) is 18.4. The monoisotopic (exact) mass is 646 g/mol. The number of aromatic amines is 1. The van der Waals surface area contributed by atoms with Gasteiger partial charge in [0.1, 0.15) is 17.7 Å². The molecule has 1 aromatic heterocycles. The van der Waals surface area contributed by atoms with E-state index in [1.165, 1.54) is 12.1 Å². The SMILES string of the molecule is C[C@H](CC1(c2nnc(-c3ccc(F)cc3)[nH]2)c2ccc(C(N)=O)cc2CCc2cc(C(N)=O)ccc21)NCC(=O)N1[C@H](C#N)C[C@@H]2C[C@@H]21. The number of nitrogens with zero attached hydrogens (tertiary/aromatic N) is 4. The van der Waals surface area contributed by atoms with Crippen molar-refractivity contribution in [1.82, 2.24) is 25.4 Å². The number of nitrogens with two attached hydrogens (primary N) is 2. The number of aryl methyl sites for hydroxylation is 2. The van der Waals surface area contributed by atoms with Gasteiger partial charge in [-0.25, -0.2) is 4.39 Å². The average molecular weight is 647 g/mol. The normalized spacial score (nSPS) is 20.9. The predicted octanol–water partition coefficient (Wildman–Crippen LogP) is 3.12. The molecular weight excluding hydrogens is 611 g/mol. The van der Waals surface area contributed by atoms with E-state index < -0.39 is 23.3 Å². The molecule has 2 heterocycles. The summed E-state index contributed by atoms with van der Waals surface area (Å²) in [6.07, 6.45) is 3.14. The standard InChI is InChI=1S/C36H35FN8O3/c1-19(41-18-31(46)45-27(17-38)14-25-15-30(25)45)16-36(35-42-34(43-44-35)20-4-8-26(37)9-5-20)28-10-6-23(32(39)47)12-21(28)2-3-22-13-24(33(40)48)7-11-29(22)36/h4-13,19,25,27,30,41H,2-3,14-16,18H2,1H3,(H2,39,47)(H2,40,48)(H,42,43,44)/t19-,25-,27+,30+/m1/s1. The van der Waals surface area contributed by atoms with Crippen LogP contribution < -0.4 is 16.8 Å². The summed E-state index contributed by atoms with van der Waals surface area (Å²) in [5.74, 6) is -0.244.